The first-order valence-electron chi connectivity index (χ1n) is 9.96. The van der Waals surface area contributed by atoms with E-state index in [1.165, 1.54) is 5.56 Å². The minimum Gasteiger partial charge on any atom is -0.497 e. The maximum Gasteiger partial charge on any atom is 0.229 e. The number of methoxy groups -OCH3 is 1. The molecule has 158 valence electrons. The highest BCUT2D eigenvalue weighted by molar-refractivity contribution is 7.99. The zero-order valence-corrected chi connectivity index (χ0v) is 19.1. The standard InChI is InChI=1S/C24H23N3O2S2/c1-17-5-10-21-22(14-17)31-24(26-21)27(16-18-4-3-12-25-15-18)23(28)11-13-30-20-8-6-19(29-2)7-9-20/h3-10,12,14-15H,11,13,16H2,1-2H3. The number of hydrogen-bond donors (Lipinski definition) is 0. The van der Waals surface area contributed by atoms with Crippen molar-refractivity contribution in [2.75, 3.05) is 17.8 Å². The first-order chi connectivity index (χ1) is 15.1. The molecule has 2 aromatic carbocycles. The number of benzene rings is 2. The van der Waals surface area contributed by atoms with Gasteiger partial charge < -0.3 is 4.74 Å². The van der Waals surface area contributed by atoms with Gasteiger partial charge >= 0.3 is 0 Å². The van der Waals surface area contributed by atoms with Gasteiger partial charge in [0.25, 0.3) is 0 Å². The minimum absolute atomic E-state index is 0.0562. The number of carbonyl (C=O) groups is 1. The predicted molar refractivity (Wildman–Crippen MR) is 128 cm³/mol. The van der Waals surface area contributed by atoms with Crippen molar-refractivity contribution in [1.29, 1.82) is 0 Å². The highest BCUT2D eigenvalue weighted by Crippen LogP contribution is 2.31. The Bertz CT molecular complexity index is 1160. The summed E-state index contributed by atoms with van der Waals surface area (Å²) in [5, 5.41) is 0.726. The number of carbonyl (C=O) groups excluding carboxylic acids is 1. The van der Waals surface area contributed by atoms with E-state index < -0.39 is 0 Å². The quantitative estimate of drug-likeness (QED) is 0.322. The van der Waals surface area contributed by atoms with Crippen LogP contribution in [0.2, 0.25) is 0 Å². The van der Waals surface area contributed by atoms with Crippen LogP contribution in [0.1, 0.15) is 17.5 Å². The summed E-state index contributed by atoms with van der Waals surface area (Å²) in [6.07, 6.45) is 3.96. The summed E-state index contributed by atoms with van der Waals surface area (Å²) in [6.45, 7) is 2.52. The summed E-state index contributed by atoms with van der Waals surface area (Å²) in [6, 6.07) is 17.9. The lowest BCUT2D eigenvalue weighted by Crippen LogP contribution is -2.30. The maximum absolute atomic E-state index is 13.2. The first kappa shape index (κ1) is 21.3. The number of thioether (sulfide) groups is 1. The third kappa shape index (κ3) is 5.42. The number of amides is 1. The van der Waals surface area contributed by atoms with Crippen molar-refractivity contribution >= 4 is 44.4 Å². The van der Waals surface area contributed by atoms with Gasteiger partial charge in [0, 0.05) is 29.5 Å². The Morgan fingerprint density at radius 1 is 1.16 bits per heavy atom. The van der Waals surface area contributed by atoms with Crippen molar-refractivity contribution in [3.8, 4) is 5.75 Å². The molecule has 0 saturated heterocycles. The van der Waals surface area contributed by atoms with Gasteiger partial charge in [-0.25, -0.2) is 4.98 Å². The smallest absolute Gasteiger partial charge is 0.229 e. The van der Waals surface area contributed by atoms with Gasteiger partial charge in [0.1, 0.15) is 5.75 Å². The average molecular weight is 450 g/mol. The molecule has 0 unspecified atom stereocenters. The molecule has 4 aromatic rings. The molecule has 2 heterocycles. The second kappa shape index (κ2) is 9.94. The summed E-state index contributed by atoms with van der Waals surface area (Å²) in [4.78, 5) is 25.0. The minimum atomic E-state index is 0.0562. The lowest BCUT2D eigenvalue weighted by atomic mass is 10.2. The summed E-state index contributed by atoms with van der Waals surface area (Å²) in [5.74, 6) is 1.58. The number of thiazole rings is 1. The topological polar surface area (TPSA) is 55.3 Å². The molecule has 7 heteroatoms. The zero-order chi connectivity index (χ0) is 21.6. The van der Waals surface area contributed by atoms with Crippen molar-refractivity contribution in [2.45, 2.75) is 24.8 Å². The molecular formula is C24H23N3O2S2. The Hall–Kier alpha value is -2.90. The van der Waals surface area contributed by atoms with E-state index in [1.54, 1.807) is 47.5 Å². The molecule has 0 fully saturated rings. The van der Waals surface area contributed by atoms with E-state index in [0.29, 0.717) is 18.7 Å². The van der Waals surface area contributed by atoms with Crippen LogP contribution in [-0.4, -0.2) is 28.7 Å². The molecule has 0 radical (unpaired) electrons. The molecule has 0 atom stereocenters. The number of fused-ring (bicyclic) bond motifs is 1. The molecule has 0 N–H and O–H groups in total. The number of nitrogens with zero attached hydrogens (tertiary/aromatic N) is 3. The second-order valence-electron chi connectivity index (χ2n) is 7.08. The van der Waals surface area contributed by atoms with Crippen LogP contribution in [0.15, 0.2) is 71.9 Å². The van der Waals surface area contributed by atoms with Crippen molar-refractivity contribution in [1.82, 2.24) is 9.97 Å². The fourth-order valence-corrected chi connectivity index (χ4v) is 5.06. The number of rotatable bonds is 8. The van der Waals surface area contributed by atoms with Gasteiger partial charge in [0.05, 0.1) is 23.9 Å². The predicted octanol–water partition coefficient (Wildman–Crippen LogP) is 5.72. The van der Waals surface area contributed by atoms with E-state index in [1.807, 2.05) is 48.5 Å². The van der Waals surface area contributed by atoms with Gasteiger partial charge in [-0.3, -0.25) is 14.7 Å². The zero-order valence-electron chi connectivity index (χ0n) is 17.4. The molecule has 0 bridgehead atoms. The summed E-state index contributed by atoms with van der Waals surface area (Å²) >= 11 is 3.22. The molecule has 0 aliphatic heterocycles. The van der Waals surface area contributed by atoms with Crippen LogP contribution in [0, 0.1) is 6.92 Å². The van der Waals surface area contributed by atoms with Crippen molar-refractivity contribution < 1.29 is 9.53 Å². The fourth-order valence-electron chi connectivity index (χ4n) is 3.13. The Morgan fingerprint density at radius 2 is 2.00 bits per heavy atom. The summed E-state index contributed by atoms with van der Waals surface area (Å²) < 4.78 is 6.29. The third-order valence-corrected chi connectivity index (χ3v) is 6.83. The molecule has 0 aliphatic carbocycles. The van der Waals surface area contributed by atoms with Crippen LogP contribution in [0.5, 0.6) is 5.75 Å². The maximum atomic E-state index is 13.2. The highest BCUT2D eigenvalue weighted by atomic mass is 32.2. The Labute approximate surface area is 190 Å². The lowest BCUT2D eigenvalue weighted by Gasteiger charge is -2.20. The highest BCUT2D eigenvalue weighted by Gasteiger charge is 2.20. The van der Waals surface area contributed by atoms with Gasteiger partial charge in [-0.1, -0.05) is 23.5 Å². The number of pyridine rings is 1. The number of ether oxygens (including phenoxy) is 1. The summed E-state index contributed by atoms with van der Waals surface area (Å²) in [7, 11) is 1.65. The van der Waals surface area contributed by atoms with Crippen molar-refractivity contribution in [2.24, 2.45) is 0 Å². The van der Waals surface area contributed by atoms with Gasteiger partial charge in [-0.05, 0) is 60.5 Å². The van der Waals surface area contributed by atoms with Crippen LogP contribution >= 0.6 is 23.1 Å². The Kier molecular flexibility index (Phi) is 6.84. The van der Waals surface area contributed by atoms with Crippen LogP contribution in [0.4, 0.5) is 5.13 Å². The van der Waals surface area contributed by atoms with Gasteiger partial charge in [-0.2, -0.15) is 0 Å². The van der Waals surface area contributed by atoms with Crippen LogP contribution in [0.3, 0.4) is 0 Å². The Morgan fingerprint density at radius 3 is 2.74 bits per heavy atom. The summed E-state index contributed by atoms with van der Waals surface area (Å²) in [5.41, 5.74) is 3.08. The number of aromatic nitrogens is 2. The SMILES string of the molecule is COc1ccc(SCCC(=O)N(Cc2cccnc2)c2nc3ccc(C)cc3s2)cc1. The molecule has 0 spiro atoms. The first-order valence-corrected chi connectivity index (χ1v) is 11.8. The Balaban J connectivity index is 1.50. The number of hydrogen-bond acceptors (Lipinski definition) is 6. The number of aryl methyl sites for hydroxylation is 1. The fraction of sp³-hybridized carbons (Fsp3) is 0.208. The monoisotopic (exact) mass is 449 g/mol. The van der Waals surface area contributed by atoms with Gasteiger partial charge in [0.2, 0.25) is 5.91 Å². The van der Waals surface area contributed by atoms with Crippen LogP contribution in [-0.2, 0) is 11.3 Å². The second-order valence-corrected chi connectivity index (χ2v) is 9.26. The van der Waals surface area contributed by atoms with Gasteiger partial charge in [-0.15, -0.1) is 11.8 Å². The van der Waals surface area contributed by atoms with Crippen LogP contribution in [0.25, 0.3) is 10.2 Å². The van der Waals surface area contributed by atoms with E-state index >= 15 is 0 Å². The normalized spacial score (nSPS) is 10.9. The van der Waals surface area contributed by atoms with E-state index in [2.05, 4.69) is 18.0 Å². The molecule has 1 amide bonds. The van der Waals surface area contributed by atoms with Gasteiger partial charge in [0.15, 0.2) is 5.13 Å². The van der Waals surface area contributed by atoms with E-state index in [4.69, 9.17) is 9.72 Å². The molecule has 0 saturated carbocycles. The van der Waals surface area contributed by atoms with Crippen molar-refractivity contribution in [3.05, 3.63) is 78.1 Å². The number of anilines is 1. The van der Waals surface area contributed by atoms with E-state index in [9.17, 15) is 4.79 Å². The third-order valence-electron chi connectivity index (χ3n) is 4.77. The molecule has 0 aliphatic rings. The van der Waals surface area contributed by atoms with E-state index in [0.717, 1.165) is 31.6 Å². The molecular weight excluding hydrogens is 426 g/mol. The lowest BCUT2D eigenvalue weighted by molar-refractivity contribution is -0.118. The molecule has 31 heavy (non-hydrogen) atoms. The molecule has 2 aromatic heterocycles. The van der Waals surface area contributed by atoms with E-state index in [-0.39, 0.29) is 5.91 Å². The molecule has 4 rings (SSSR count). The average Bonchev–Trinajstić information content (AvgIpc) is 3.21. The largest absolute Gasteiger partial charge is 0.497 e. The van der Waals surface area contributed by atoms with Crippen molar-refractivity contribution in [3.63, 3.8) is 0 Å². The van der Waals surface area contributed by atoms with Crippen LogP contribution < -0.4 is 9.64 Å². The molecule has 5 nitrogen and oxygen atoms in total.